The molecule has 1 aromatic heterocycles. The van der Waals surface area contributed by atoms with E-state index in [9.17, 15) is 0 Å². The molecule has 116 valence electrons. The second-order valence-corrected chi connectivity index (χ2v) is 6.56. The largest absolute Gasteiger partial charge is 0.381 e. The molecule has 2 aliphatic rings. The Balaban J connectivity index is 1.29. The van der Waals surface area contributed by atoms with Crippen LogP contribution in [0.3, 0.4) is 0 Å². The van der Waals surface area contributed by atoms with Gasteiger partial charge in [-0.05, 0) is 43.2 Å². The lowest BCUT2D eigenvalue weighted by atomic mass is 9.61. The highest BCUT2D eigenvalue weighted by Crippen LogP contribution is 2.48. The molecule has 1 aromatic carbocycles. The molecule has 4 rings (SSSR count). The first-order chi connectivity index (χ1) is 10.8. The van der Waals surface area contributed by atoms with Crippen LogP contribution in [0.15, 0.2) is 36.5 Å². The Kier molecular flexibility index (Phi) is 3.68. The van der Waals surface area contributed by atoms with E-state index in [-0.39, 0.29) is 0 Å². The molecule has 5 nitrogen and oxygen atoms in total. The Morgan fingerprint density at radius 1 is 1.18 bits per heavy atom. The van der Waals surface area contributed by atoms with E-state index in [4.69, 9.17) is 4.74 Å². The Morgan fingerprint density at radius 3 is 2.73 bits per heavy atom. The monoisotopic (exact) mass is 298 g/mol. The van der Waals surface area contributed by atoms with Gasteiger partial charge in [0.05, 0.1) is 17.6 Å². The normalized spacial score (nSPS) is 20.9. The summed E-state index contributed by atoms with van der Waals surface area (Å²) >= 11 is 0. The zero-order chi connectivity index (χ0) is 14.8. The van der Waals surface area contributed by atoms with Gasteiger partial charge in [-0.25, -0.2) is 0 Å². The van der Waals surface area contributed by atoms with Gasteiger partial charge in [0.15, 0.2) is 0 Å². The zero-order valence-corrected chi connectivity index (χ0v) is 12.7. The lowest BCUT2D eigenvalue weighted by Gasteiger charge is -2.50. The van der Waals surface area contributed by atoms with Gasteiger partial charge in [0.25, 0.3) is 0 Å². The van der Waals surface area contributed by atoms with Crippen molar-refractivity contribution in [2.75, 3.05) is 13.2 Å². The lowest BCUT2D eigenvalue weighted by molar-refractivity contribution is -0.0454. The van der Waals surface area contributed by atoms with Crippen molar-refractivity contribution < 1.29 is 4.74 Å². The molecule has 1 aliphatic carbocycles. The van der Waals surface area contributed by atoms with Crippen LogP contribution in [-0.4, -0.2) is 34.2 Å². The molecule has 1 saturated heterocycles. The smallest absolute Gasteiger partial charge is 0.0969 e. The predicted molar refractivity (Wildman–Crippen MR) is 83.7 cm³/mol. The molecule has 22 heavy (non-hydrogen) atoms. The van der Waals surface area contributed by atoms with E-state index < -0.39 is 0 Å². The quantitative estimate of drug-likeness (QED) is 0.941. The van der Waals surface area contributed by atoms with Crippen LogP contribution in [-0.2, 0) is 11.3 Å². The average Bonchev–Trinajstić information content (AvgIpc) is 3.02. The second-order valence-electron chi connectivity index (χ2n) is 6.56. The van der Waals surface area contributed by atoms with Crippen LogP contribution in [0.2, 0.25) is 0 Å². The molecule has 2 aromatic rings. The van der Waals surface area contributed by atoms with Gasteiger partial charge in [-0.1, -0.05) is 18.2 Å². The topological polar surface area (TPSA) is 52.0 Å². The van der Waals surface area contributed by atoms with Crippen molar-refractivity contribution in [2.45, 2.75) is 38.3 Å². The molecular formula is C17H22N4O. The van der Waals surface area contributed by atoms with Gasteiger partial charge in [-0.15, -0.1) is 0 Å². The van der Waals surface area contributed by atoms with Crippen LogP contribution in [0.1, 0.15) is 31.4 Å². The van der Waals surface area contributed by atoms with Crippen molar-refractivity contribution in [2.24, 2.45) is 5.41 Å². The molecule has 0 atom stereocenters. The molecule has 5 heteroatoms. The van der Waals surface area contributed by atoms with E-state index in [1.54, 1.807) is 4.80 Å². The third kappa shape index (κ3) is 2.78. The van der Waals surface area contributed by atoms with Crippen molar-refractivity contribution in [3.05, 3.63) is 42.2 Å². The van der Waals surface area contributed by atoms with Crippen molar-refractivity contribution in [3.8, 4) is 5.69 Å². The van der Waals surface area contributed by atoms with E-state index in [0.717, 1.165) is 31.1 Å². The summed E-state index contributed by atoms with van der Waals surface area (Å²) in [7, 11) is 0. The Bertz CT molecular complexity index is 611. The fourth-order valence-electron chi connectivity index (χ4n) is 3.65. The SMILES string of the molecule is c1ccc(-n2ncc(CNC3CC4(CCOCC4)C3)n2)cc1. The van der Waals surface area contributed by atoms with Crippen molar-refractivity contribution in [1.29, 1.82) is 0 Å². The number of ether oxygens (including phenoxy) is 1. The molecule has 2 fully saturated rings. The number of nitrogens with zero attached hydrogens (tertiary/aromatic N) is 3. The molecule has 1 saturated carbocycles. The Morgan fingerprint density at radius 2 is 1.95 bits per heavy atom. The number of rotatable bonds is 4. The molecule has 1 aliphatic heterocycles. The molecule has 1 spiro atoms. The molecule has 0 unspecified atom stereocenters. The van der Waals surface area contributed by atoms with Crippen LogP contribution in [0.4, 0.5) is 0 Å². The summed E-state index contributed by atoms with van der Waals surface area (Å²) in [5.41, 5.74) is 2.56. The third-order valence-electron chi connectivity index (χ3n) is 5.01. The van der Waals surface area contributed by atoms with Gasteiger partial charge in [-0.3, -0.25) is 0 Å². The highest BCUT2D eigenvalue weighted by molar-refractivity contribution is 5.28. The van der Waals surface area contributed by atoms with Gasteiger partial charge in [0.1, 0.15) is 0 Å². The first-order valence-corrected chi connectivity index (χ1v) is 8.11. The Labute approximate surface area is 130 Å². The summed E-state index contributed by atoms with van der Waals surface area (Å²) in [4.78, 5) is 1.69. The summed E-state index contributed by atoms with van der Waals surface area (Å²) in [5.74, 6) is 0. The van der Waals surface area contributed by atoms with Gasteiger partial charge >= 0.3 is 0 Å². The number of para-hydroxylation sites is 1. The van der Waals surface area contributed by atoms with Crippen LogP contribution >= 0.6 is 0 Å². The number of nitrogens with one attached hydrogen (secondary N) is 1. The van der Waals surface area contributed by atoms with E-state index in [1.807, 2.05) is 36.5 Å². The van der Waals surface area contributed by atoms with E-state index in [0.29, 0.717) is 11.5 Å². The van der Waals surface area contributed by atoms with Crippen molar-refractivity contribution >= 4 is 0 Å². The minimum atomic E-state index is 0.567. The van der Waals surface area contributed by atoms with Crippen molar-refractivity contribution in [1.82, 2.24) is 20.3 Å². The molecule has 0 amide bonds. The van der Waals surface area contributed by atoms with Gasteiger partial charge in [-0.2, -0.15) is 15.0 Å². The molecule has 0 bridgehead atoms. The second kappa shape index (κ2) is 5.82. The number of hydrogen-bond donors (Lipinski definition) is 1. The summed E-state index contributed by atoms with van der Waals surface area (Å²) in [6, 6.07) is 10.6. The zero-order valence-electron chi connectivity index (χ0n) is 12.7. The minimum absolute atomic E-state index is 0.567. The maximum atomic E-state index is 5.47. The third-order valence-corrected chi connectivity index (χ3v) is 5.01. The van der Waals surface area contributed by atoms with Gasteiger partial charge < -0.3 is 10.1 Å². The fraction of sp³-hybridized carbons (Fsp3) is 0.529. The van der Waals surface area contributed by atoms with Gasteiger partial charge in [0.2, 0.25) is 0 Å². The highest BCUT2D eigenvalue weighted by Gasteiger charge is 2.44. The summed E-state index contributed by atoms with van der Waals surface area (Å²) in [6.07, 6.45) is 6.87. The average molecular weight is 298 g/mol. The van der Waals surface area contributed by atoms with Crippen molar-refractivity contribution in [3.63, 3.8) is 0 Å². The van der Waals surface area contributed by atoms with Gasteiger partial charge in [0, 0.05) is 25.8 Å². The van der Waals surface area contributed by atoms with Crippen LogP contribution < -0.4 is 5.32 Å². The number of aromatic nitrogens is 3. The maximum Gasteiger partial charge on any atom is 0.0969 e. The van der Waals surface area contributed by atoms with Crippen LogP contribution in [0.5, 0.6) is 0 Å². The standard InChI is InChI=1S/C17H22N4O/c1-2-4-16(5-3-1)21-19-13-15(20-21)12-18-14-10-17(11-14)6-8-22-9-7-17/h1-5,13-14,18H,6-12H2. The van der Waals surface area contributed by atoms with E-state index in [2.05, 4.69) is 15.5 Å². The summed E-state index contributed by atoms with van der Waals surface area (Å²) < 4.78 is 5.47. The molecular weight excluding hydrogens is 276 g/mol. The first-order valence-electron chi connectivity index (χ1n) is 8.11. The minimum Gasteiger partial charge on any atom is -0.381 e. The summed E-state index contributed by atoms with van der Waals surface area (Å²) in [5, 5.41) is 12.5. The van der Waals surface area contributed by atoms with Crippen LogP contribution in [0, 0.1) is 5.41 Å². The lowest BCUT2D eigenvalue weighted by Crippen LogP contribution is -2.51. The molecule has 0 radical (unpaired) electrons. The maximum absolute atomic E-state index is 5.47. The van der Waals surface area contributed by atoms with Crippen LogP contribution in [0.25, 0.3) is 5.69 Å². The fourth-order valence-corrected chi connectivity index (χ4v) is 3.65. The summed E-state index contributed by atoms with van der Waals surface area (Å²) in [6.45, 7) is 2.68. The number of benzene rings is 1. The Hall–Kier alpha value is -1.72. The van der Waals surface area contributed by atoms with E-state index >= 15 is 0 Å². The molecule has 1 N–H and O–H groups in total. The highest BCUT2D eigenvalue weighted by atomic mass is 16.5. The van der Waals surface area contributed by atoms with E-state index in [1.165, 1.54) is 25.7 Å². The molecule has 2 heterocycles. The number of hydrogen-bond acceptors (Lipinski definition) is 4. The first kappa shape index (κ1) is 13.9. The predicted octanol–water partition coefficient (Wildman–Crippen LogP) is 2.32.